The lowest BCUT2D eigenvalue weighted by molar-refractivity contribution is -0.124. The molecule has 0 spiro atoms. The van der Waals surface area contributed by atoms with Crippen LogP contribution in [0.2, 0.25) is 0 Å². The molecule has 0 fully saturated rings. The van der Waals surface area contributed by atoms with Gasteiger partial charge in [0.05, 0.1) is 0 Å². The van der Waals surface area contributed by atoms with Crippen LogP contribution in [0.15, 0.2) is 41.3 Å². The third-order valence-electron chi connectivity index (χ3n) is 2.40. The maximum Gasteiger partial charge on any atom is 0.245 e. The molecule has 0 heterocycles. The van der Waals surface area contributed by atoms with Gasteiger partial charge in [-0.1, -0.05) is 23.8 Å². The highest BCUT2D eigenvalue weighted by molar-refractivity contribution is 7.99. The van der Waals surface area contributed by atoms with Gasteiger partial charge in [-0.15, -0.1) is 11.8 Å². The second-order valence-electron chi connectivity index (χ2n) is 3.92. The van der Waals surface area contributed by atoms with Crippen LogP contribution >= 0.6 is 11.8 Å². The second-order valence-corrected chi connectivity index (χ2v) is 5.09. The molecule has 92 valence electrons. The number of hydrogen-bond acceptors (Lipinski definition) is 2. The van der Waals surface area contributed by atoms with E-state index in [1.165, 1.54) is 10.5 Å². The summed E-state index contributed by atoms with van der Waals surface area (Å²) in [7, 11) is 1.83. The zero-order chi connectivity index (χ0) is 12.7. The average Bonchev–Trinajstić information content (AvgIpc) is 2.32. The van der Waals surface area contributed by atoms with Crippen LogP contribution < -0.4 is 0 Å². The second kappa shape index (κ2) is 7.17. The third-order valence-corrected chi connectivity index (χ3v) is 3.39. The van der Waals surface area contributed by atoms with Gasteiger partial charge in [0.2, 0.25) is 5.91 Å². The molecular formula is C14H19NOS. The van der Waals surface area contributed by atoms with Crippen LogP contribution in [-0.2, 0) is 4.79 Å². The Kier molecular flexibility index (Phi) is 5.84. The van der Waals surface area contributed by atoms with Gasteiger partial charge in [-0.2, -0.15) is 0 Å². The molecule has 0 N–H and O–H groups in total. The number of benzene rings is 1. The molecule has 1 rings (SSSR count). The summed E-state index contributed by atoms with van der Waals surface area (Å²) >= 11 is 1.77. The lowest BCUT2D eigenvalue weighted by atomic mass is 10.2. The van der Waals surface area contributed by atoms with Crippen molar-refractivity contribution in [2.45, 2.75) is 18.7 Å². The summed E-state index contributed by atoms with van der Waals surface area (Å²) in [5.41, 5.74) is 1.27. The predicted molar refractivity (Wildman–Crippen MR) is 74.4 cm³/mol. The molecule has 0 aromatic heterocycles. The molecule has 2 nitrogen and oxygen atoms in total. The Morgan fingerprint density at radius 3 is 2.59 bits per heavy atom. The van der Waals surface area contributed by atoms with Gasteiger partial charge in [0.1, 0.15) is 0 Å². The molecule has 0 aliphatic heterocycles. The summed E-state index contributed by atoms with van der Waals surface area (Å²) in [6.07, 6.45) is 3.36. The summed E-state index contributed by atoms with van der Waals surface area (Å²) in [4.78, 5) is 14.4. The van der Waals surface area contributed by atoms with Gasteiger partial charge in [0, 0.05) is 24.2 Å². The fourth-order valence-electron chi connectivity index (χ4n) is 1.31. The smallest absolute Gasteiger partial charge is 0.245 e. The number of aryl methyl sites for hydroxylation is 1. The molecule has 3 heteroatoms. The first-order valence-corrected chi connectivity index (χ1v) is 6.69. The Balaban J connectivity index is 2.32. The Hall–Kier alpha value is -1.22. The predicted octanol–water partition coefficient (Wildman–Crippen LogP) is 3.12. The van der Waals surface area contributed by atoms with Gasteiger partial charge < -0.3 is 4.90 Å². The van der Waals surface area contributed by atoms with E-state index in [1.54, 1.807) is 28.8 Å². The van der Waals surface area contributed by atoms with Crippen molar-refractivity contribution in [2.75, 3.05) is 19.3 Å². The normalized spacial score (nSPS) is 10.8. The highest BCUT2D eigenvalue weighted by Crippen LogP contribution is 2.17. The molecule has 0 aliphatic carbocycles. The van der Waals surface area contributed by atoms with Gasteiger partial charge in [-0.3, -0.25) is 4.79 Å². The Bertz CT molecular complexity index is 384. The zero-order valence-electron chi connectivity index (χ0n) is 10.6. The number of thioether (sulfide) groups is 1. The molecule has 1 aromatic carbocycles. The number of hydrogen-bond donors (Lipinski definition) is 0. The van der Waals surface area contributed by atoms with E-state index in [4.69, 9.17) is 0 Å². The van der Waals surface area contributed by atoms with Crippen LogP contribution in [0.1, 0.15) is 12.5 Å². The van der Waals surface area contributed by atoms with Crippen molar-refractivity contribution in [1.29, 1.82) is 0 Å². The first-order valence-electron chi connectivity index (χ1n) is 5.70. The number of nitrogens with zero attached hydrogens (tertiary/aromatic N) is 1. The third kappa shape index (κ3) is 5.09. The minimum absolute atomic E-state index is 0.0667. The Morgan fingerprint density at radius 1 is 1.35 bits per heavy atom. The minimum atomic E-state index is 0.0667. The molecule has 0 unspecified atom stereocenters. The lowest BCUT2D eigenvalue weighted by Gasteiger charge is -2.14. The van der Waals surface area contributed by atoms with Gasteiger partial charge in [-0.05, 0) is 32.1 Å². The van der Waals surface area contributed by atoms with Crippen LogP contribution in [0.25, 0.3) is 0 Å². The maximum absolute atomic E-state index is 11.5. The van der Waals surface area contributed by atoms with Crippen molar-refractivity contribution < 1.29 is 4.79 Å². The summed E-state index contributed by atoms with van der Waals surface area (Å²) in [6, 6.07) is 8.45. The van der Waals surface area contributed by atoms with Crippen molar-refractivity contribution in [3.63, 3.8) is 0 Å². The van der Waals surface area contributed by atoms with Gasteiger partial charge in [-0.25, -0.2) is 0 Å². The van der Waals surface area contributed by atoms with E-state index in [0.29, 0.717) is 0 Å². The van der Waals surface area contributed by atoms with Crippen molar-refractivity contribution in [1.82, 2.24) is 4.90 Å². The number of carbonyl (C=O) groups is 1. The van der Waals surface area contributed by atoms with Crippen molar-refractivity contribution in [3.05, 3.63) is 42.0 Å². The van der Waals surface area contributed by atoms with E-state index >= 15 is 0 Å². The summed E-state index contributed by atoms with van der Waals surface area (Å²) in [5, 5.41) is 0. The molecule has 0 aliphatic rings. The quantitative estimate of drug-likeness (QED) is 0.590. The van der Waals surface area contributed by atoms with E-state index in [2.05, 4.69) is 31.2 Å². The Morgan fingerprint density at radius 2 is 2.00 bits per heavy atom. The van der Waals surface area contributed by atoms with E-state index in [9.17, 15) is 4.79 Å². The monoisotopic (exact) mass is 249 g/mol. The largest absolute Gasteiger partial charge is 0.341 e. The van der Waals surface area contributed by atoms with Gasteiger partial charge in [0.25, 0.3) is 0 Å². The summed E-state index contributed by atoms with van der Waals surface area (Å²) in [5.74, 6) is 0.986. The van der Waals surface area contributed by atoms with Crippen molar-refractivity contribution in [3.8, 4) is 0 Å². The molecule has 0 bridgehead atoms. The molecule has 0 atom stereocenters. The van der Waals surface area contributed by atoms with Crippen LogP contribution in [0.3, 0.4) is 0 Å². The highest BCUT2D eigenvalue weighted by Gasteiger charge is 2.03. The molecule has 1 aromatic rings. The number of amides is 1. The number of carbonyl (C=O) groups excluding carboxylic acids is 1. The number of likely N-dealkylation sites (N-methyl/N-ethyl adjacent to an activating group) is 1. The molecule has 17 heavy (non-hydrogen) atoms. The van der Waals surface area contributed by atoms with Crippen LogP contribution in [0, 0.1) is 6.92 Å². The molecular weight excluding hydrogens is 230 g/mol. The van der Waals surface area contributed by atoms with Crippen LogP contribution in [0.4, 0.5) is 0 Å². The topological polar surface area (TPSA) is 20.3 Å². The van der Waals surface area contributed by atoms with Gasteiger partial charge in [0.15, 0.2) is 0 Å². The molecule has 1 amide bonds. The van der Waals surface area contributed by atoms with Gasteiger partial charge >= 0.3 is 0 Å². The summed E-state index contributed by atoms with van der Waals surface area (Å²) in [6.45, 7) is 4.70. The number of allylic oxidation sites excluding steroid dienone is 1. The van der Waals surface area contributed by atoms with E-state index in [0.717, 1.165) is 12.3 Å². The van der Waals surface area contributed by atoms with Crippen molar-refractivity contribution in [2.24, 2.45) is 0 Å². The lowest BCUT2D eigenvalue weighted by Crippen LogP contribution is -2.27. The molecule has 0 saturated heterocycles. The molecule has 0 saturated carbocycles. The zero-order valence-corrected chi connectivity index (χ0v) is 11.5. The SMILES string of the molecule is C/C=C/C(=O)N(C)CCSc1ccc(C)cc1. The fraction of sp³-hybridized carbons (Fsp3) is 0.357. The maximum atomic E-state index is 11.5. The van der Waals surface area contributed by atoms with E-state index in [1.807, 2.05) is 14.0 Å². The average molecular weight is 249 g/mol. The van der Waals surface area contributed by atoms with E-state index < -0.39 is 0 Å². The van der Waals surface area contributed by atoms with Crippen LogP contribution in [0.5, 0.6) is 0 Å². The first-order chi connectivity index (χ1) is 8.13. The Labute approximate surface area is 108 Å². The fourth-order valence-corrected chi connectivity index (χ4v) is 2.24. The standard InChI is InChI=1S/C14H19NOS/c1-4-5-14(16)15(3)10-11-17-13-8-6-12(2)7-9-13/h4-9H,10-11H2,1-3H3/b5-4+. The number of rotatable bonds is 5. The molecule has 0 radical (unpaired) electrons. The minimum Gasteiger partial charge on any atom is -0.341 e. The first kappa shape index (κ1) is 13.8. The van der Waals surface area contributed by atoms with E-state index in [-0.39, 0.29) is 5.91 Å². The highest BCUT2D eigenvalue weighted by atomic mass is 32.2. The van der Waals surface area contributed by atoms with Crippen LogP contribution in [-0.4, -0.2) is 30.2 Å². The van der Waals surface area contributed by atoms with Crippen molar-refractivity contribution >= 4 is 17.7 Å². The summed E-state index contributed by atoms with van der Waals surface area (Å²) < 4.78 is 0.